The van der Waals surface area contributed by atoms with E-state index in [1.807, 2.05) is 37.3 Å². The van der Waals surface area contributed by atoms with Crippen molar-refractivity contribution in [2.75, 3.05) is 0 Å². The zero-order valence-corrected chi connectivity index (χ0v) is 8.78. The van der Waals surface area contributed by atoms with Crippen LogP contribution in [0.4, 0.5) is 0 Å². The van der Waals surface area contributed by atoms with Crippen molar-refractivity contribution < 1.29 is 9.16 Å². The summed E-state index contributed by atoms with van der Waals surface area (Å²) >= 11 is 0. The number of ether oxygens (including phenoxy) is 1. The van der Waals surface area contributed by atoms with Crippen LogP contribution in [0.25, 0.3) is 0 Å². The van der Waals surface area contributed by atoms with Crippen LogP contribution in [0.15, 0.2) is 30.3 Å². The van der Waals surface area contributed by atoms with E-state index >= 15 is 0 Å². The van der Waals surface area contributed by atoms with Crippen molar-refractivity contribution in [1.29, 1.82) is 0 Å². The second-order valence-electron chi connectivity index (χ2n) is 2.23. The van der Waals surface area contributed by atoms with Gasteiger partial charge in [-0.25, -0.2) is 0 Å². The maximum absolute atomic E-state index is 5.38. The van der Waals surface area contributed by atoms with Gasteiger partial charge in [0.15, 0.2) is 16.8 Å². The summed E-state index contributed by atoms with van der Waals surface area (Å²) in [6.07, 6.45) is -0.121. The van der Waals surface area contributed by atoms with Crippen LogP contribution in [0, 0.1) is 0 Å². The molecule has 0 aliphatic carbocycles. The molecule has 0 saturated heterocycles. The van der Waals surface area contributed by atoms with Gasteiger partial charge in [0.1, 0.15) is 5.75 Å². The Labute approximate surface area is 69.7 Å². The summed E-state index contributed by atoms with van der Waals surface area (Å²) in [6, 6.07) is 9.66. The summed E-state index contributed by atoms with van der Waals surface area (Å²) in [5.74, 6) is 0.857. The van der Waals surface area contributed by atoms with Crippen LogP contribution >= 0.6 is 0 Å². The topological polar surface area (TPSA) is 18.5 Å². The lowest BCUT2D eigenvalue weighted by Crippen LogP contribution is -2.14. The second kappa shape index (κ2) is 4.15. The Kier molecular flexibility index (Phi) is 3.13. The van der Waals surface area contributed by atoms with Gasteiger partial charge in [-0.15, -0.1) is 0 Å². The third-order valence-electron chi connectivity index (χ3n) is 1.38. The Morgan fingerprint density at radius 2 is 1.91 bits per heavy atom. The number of para-hydroxylation sites is 1. The third-order valence-corrected chi connectivity index (χ3v) is 2.04. The Bertz CT molecular complexity index is 201. The van der Waals surface area contributed by atoms with Crippen LogP contribution in [-0.4, -0.2) is 16.8 Å². The fourth-order valence-corrected chi connectivity index (χ4v) is 0.835. The molecule has 2 nitrogen and oxygen atoms in total. The van der Waals surface area contributed by atoms with Gasteiger partial charge in [-0.1, -0.05) is 18.2 Å². The Morgan fingerprint density at radius 1 is 1.27 bits per heavy atom. The van der Waals surface area contributed by atoms with Crippen LogP contribution in [-0.2, 0) is 4.43 Å². The third kappa shape index (κ3) is 2.74. The van der Waals surface area contributed by atoms with E-state index in [2.05, 4.69) is 0 Å². The molecule has 0 aromatic heterocycles. The van der Waals surface area contributed by atoms with Crippen LogP contribution in [0.2, 0.25) is 0 Å². The first-order chi connectivity index (χ1) is 5.33. The van der Waals surface area contributed by atoms with Crippen molar-refractivity contribution >= 4 is 10.5 Å². The van der Waals surface area contributed by atoms with Gasteiger partial charge in [-0.3, -0.25) is 0 Å². The van der Waals surface area contributed by atoms with E-state index in [9.17, 15) is 0 Å². The Hall–Kier alpha value is -0.803. The maximum Gasteiger partial charge on any atom is 0.187 e. The Balaban J connectivity index is 2.51. The first-order valence-electron chi connectivity index (χ1n) is 3.57. The second-order valence-corrected chi connectivity index (χ2v) is 2.71. The molecule has 1 rings (SSSR count). The van der Waals surface area contributed by atoms with Crippen molar-refractivity contribution in [2.45, 2.75) is 13.2 Å². The summed E-state index contributed by atoms with van der Waals surface area (Å²) in [6.45, 7) is 1.89. The van der Waals surface area contributed by atoms with Gasteiger partial charge < -0.3 is 9.16 Å². The van der Waals surface area contributed by atoms with Gasteiger partial charge in [0.05, 0.1) is 0 Å². The SMILES string of the molecule is CC(O[SiH3])Oc1ccccc1. The fraction of sp³-hybridized carbons (Fsp3) is 0.250. The predicted molar refractivity (Wildman–Crippen MR) is 47.6 cm³/mol. The van der Waals surface area contributed by atoms with E-state index in [4.69, 9.17) is 9.16 Å². The number of benzene rings is 1. The van der Waals surface area contributed by atoms with Gasteiger partial charge in [-0.2, -0.15) is 0 Å². The maximum atomic E-state index is 5.38. The Morgan fingerprint density at radius 3 is 2.45 bits per heavy atom. The largest absolute Gasteiger partial charge is 0.466 e. The van der Waals surface area contributed by atoms with Gasteiger partial charge in [0.2, 0.25) is 0 Å². The van der Waals surface area contributed by atoms with Crippen molar-refractivity contribution in [2.24, 2.45) is 0 Å². The average Bonchev–Trinajstić information content (AvgIpc) is 2.06. The molecule has 1 aromatic rings. The van der Waals surface area contributed by atoms with Gasteiger partial charge in [0, 0.05) is 0 Å². The van der Waals surface area contributed by atoms with Crippen LogP contribution in [0.1, 0.15) is 6.92 Å². The molecule has 60 valence electrons. The molecule has 0 aliphatic heterocycles. The molecule has 11 heavy (non-hydrogen) atoms. The smallest absolute Gasteiger partial charge is 0.187 e. The normalized spacial score (nSPS) is 12.8. The standard InChI is InChI=1S/C8H12O2Si/c1-7(10-11)9-8-5-3-2-4-6-8/h2-7H,1,11H3. The summed E-state index contributed by atoms with van der Waals surface area (Å²) in [5.41, 5.74) is 0. The molecule has 0 bridgehead atoms. The molecule has 0 amide bonds. The van der Waals surface area contributed by atoms with Gasteiger partial charge in [-0.05, 0) is 19.1 Å². The molecular weight excluding hydrogens is 156 g/mol. The molecule has 0 aliphatic rings. The van der Waals surface area contributed by atoms with Crippen LogP contribution < -0.4 is 4.74 Å². The predicted octanol–water partition coefficient (Wildman–Crippen LogP) is 0.708. The highest BCUT2D eigenvalue weighted by Gasteiger charge is 1.97. The first-order valence-corrected chi connectivity index (χ1v) is 4.39. The fourth-order valence-electron chi connectivity index (χ4n) is 0.739. The van der Waals surface area contributed by atoms with E-state index in [0.717, 1.165) is 5.75 Å². The molecule has 3 heteroatoms. The zero-order chi connectivity index (χ0) is 8.10. The summed E-state index contributed by atoms with van der Waals surface area (Å²) in [5, 5.41) is 0. The summed E-state index contributed by atoms with van der Waals surface area (Å²) in [4.78, 5) is 0. The highest BCUT2D eigenvalue weighted by atomic mass is 28.2. The molecule has 0 radical (unpaired) electrons. The molecular formula is C8H12O2Si. The number of rotatable bonds is 3. The highest BCUT2D eigenvalue weighted by molar-refractivity contribution is 5.98. The minimum Gasteiger partial charge on any atom is -0.466 e. The van der Waals surface area contributed by atoms with Crippen molar-refractivity contribution in [3.05, 3.63) is 30.3 Å². The van der Waals surface area contributed by atoms with Crippen molar-refractivity contribution in [3.8, 4) is 5.75 Å². The first kappa shape index (κ1) is 8.29. The lowest BCUT2D eigenvalue weighted by atomic mass is 10.3. The molecule has 0 fully saturated rings. The molecule has 1 aromatic carbocycles. The number of hydrogen-bond donors (Lipinski definition) is 0. The molecule has 0 saturated carbocycles. The minimum atomic E-state index is -0.121. The van der Waals surface area contributed by atoms with E-state index in [0.29, 0.717) is 10.5 Å². The molecule has 1 unspecified atom stereocenters. The zero-order valence-electron chi connectivity index (χ0n) is 6.78. The quantitative estimate of drug-likeness (QED) is 0.489. The molecule has 0 heterocycles. The lowest BCUT2D eigenvalue weighted by molar-refractivity contribution is 0.0296. The lowest BCUT2D eigenvalue weighted by Gasteiger charge is -2.12. The monoisotopic (exact) mass is 168 g/mol. The van der Waals surface area contributed by atoms with Gasteiger partial charge in [0.25, 0.3) is 0 Å². The summed E-state index contributed by atoms with van der Waals surface area (Å²) < 4.78 is 10.4. The van der Waals surface area contributed by atoms with Gasteiger partial charge >= 0.3 is 0 Å². The van der Waals surface area contributed by atoms with E-state index in [1.54, 1.807) is 0 Å². The highest BCUT2D eigenvalue weighted by Crippen LogP contribution is 2.10. The minimum absolute atomic E-state index is 0.121. The van der Waals surface area contributed by atoms with Crippen molar-refractivity contribution in [1.82, 2.24) is 0 Å². The average molecular weight is 168 g/mol. The van der Waals surface area contributed by atoms with Crippen LogP contribution in [0.3, 0.4) is 0 Å². The van der Waals surface area contributed by atoms with E-state index in [-0.39, 0.29) is 6.29 Å². The molecule has 0 spiro atoms. The van der Waals surface area contributed by atoms with Crippen LogP contribution in [0.5, 0.6) is 5.75 Å². The summed E-state index contributed by atoms with van der Waals surface area (Å²) in [7, 11) is 0.709. The van der Waals surface area contributed by atoms with E-state index < -0.39 is 0 Å². The van der Waals surface area contributed by atoms with E-state index in [1.165, 1.54) is 0 Å². The number of hydrogen-bond acceptors (Lipinski definition) is 2. The molecule has 1 atom stereocenters. The molecule has 0 N–H and O–H groups in total. The van der Waals surface area contributed by atoms with Crippen molar-refractivity contribution in [3.63, 3.8) is 0 Å².